The molecule has 148 valence electrons. The topological polar surface area (TPSA) is 89.6 Å². The van der Waals surface area contributed by atoms with E-state index in [1.807, 2.05) is 30.3 Å². The van der Waals surface area contributed by atoms with E-state index in [0.717, 1.165) is 15.1 Å². The molecule has 0 spiro atoms. The lowest BCUT2D eigenvalue weighted by Gasteiger charge is -2.10. The van der Waals surface area contributed by atoms with Gasteiger partial charge in [0.1, 0.15) is 0 Å². The van der Waals surface area contributed by atoms with Crippen LogP contribution in [-0.4, -0.2) is 37.2 Å². The molecule has 7 nitrogen and oxygen atoms in total. The number of ketones is 1. The van der Waals surface area contributed by atoms with Crippen LogP contribution in [0.25, 0.3) is 21.9 Å². The van der Waals surface area contributed by atoms with Crippen LogP contribution in [-0.2, 0) is 16.6 Å². The Morgan fingerprint density at radius 2 is 1.72 bits per heavy atom. The number of hydrogen-bond donors (Lipinski definition) is 0. The van der Waals surface area contributed by atoms with Crippen LogP contribution in [0.3, 0.4) is 0 Å². The van der Waals surface area contributed by atoms with Gasteiger partial charge in [0, 0.05) is 25.7 Å². The van der Waals surface area contributed by atoms with Crippen LogP contribution in [0.5, 0.6) is 0 Å². The summed E-state index contributed by atoms with van der Waals surface area (Å²) in [6.07, 6.45) is 0. The molecule has 4 rings (SSSR count). The summed E-state index contributed by atoms with van der Waals surface area (Å²) in [5.74, 6) is -0.959. The first-order valence-electron chi connectivity index (χ1n) is 8.85. The van der Waals surface area contributed by atoms with E-state index in [4.69, 9.17) is 4.42 Å². The number of carbonyl (C=O) groups is 1. The molecular formula is C21H18N2O5S. The lowest BCUT2D eigenvalue weighted by molar-refractivity contribution is 0.0970. The second-order valence-electron chi connectivity index (χ2n) is 6.86. The quantitative estimate of drug-likeness (QED) is 0.472. The van der Waals surface area contributed by atoms with Crippen LogP contribution < -0.4 is 5.76 Å². The minimum absolute atomic E-state index is 0.0109. The fourth-order valence-corrected chi connectivity index (χ4v) is 4.08. The number of Topliss-reactive ketones (excluding diaryl/α,β-unsaturated/α-hetero) is 1. The van der Waals surface area contributed by atoms with Gasteiger partial charge in [-0.15, -0.1) is 0 Å². The van der Waals surface area contributed by atoms with Crippen LogP contribution in [0.2, 0.25) is 0 Å². The van der Waals surface area contributed by atoms with Crippen molar-refractivity contribution >= 4 is 37.7 Å². The molecule has 0 aliphatic carbocycles. The molecule has 0 bridgehead atoms. The first kappa shape index (κ1) is 19.1. The molecule has 0 fully saturated rings. The summed E-state index contributed by atoms with van der Waals surface area (Å²) >= 11 is 0. The van der Waals surface area contributed by atoms with Crippen molar-refractivity contribution in [1.82, 2.24) is 8.87 Å². The summed E-state index contributed by atoms with van der Waals surface area (Å²) in [4.78, 5) is 25.1. The van der Waals surface area contributed by atoms with Gasteiger partial charge in [0.05, 0.1) is 17.0 Å². The third-order valence-electron chi connectivity index (χ3n) is 4.79. The lowest BCUT2D eigenvalue weighted by atomic mass is 10.0. The standard InChI is InChI=1S/C21H18N2O5S/c1-22(2)29(26,27)17-9-10-18-20(12-17)28-21(25)23(18)13-19(24)16-8-7-14-5-3-4-6-15(14)11-16/h3-12H,13H2,1-2H3. The van der Waals surface area contributed by atoms with E-state index >= 15 is 0 Å². The van der Waals surface area contributed by atoms with Crippen molar-refractivity contribution in [2.24, 2.45) is 0 Å². The van der Waals surface area contributed by atoms with E-state index in [1.165, 1.54) is 36.9 Å². The average Bonchev–Trinajstić information content (AvgIpc) is 3.01. The summed E-state index contributed by atoms with van der Waals surface area (Å²) in [5, 5.41) is 1.95. The third-order valence-corrected chi connectivity index (χ3v) is 6.60. The fraction of sp³-hybridized carbons (Fsp3) is 0.143. The Labute approximate surface area is 166 Å². The van der Waals surface area contributed by atoms with Gasteiger partial charge in [0.15, 0.2) is 11.4 Å². The minimum Gasteiger partial charge on any atom is -0.408 e. The first-order valence-corrected chi connectivity index (χ1v) is 10.3. The molecule has 0 saturated carbocycles. The van der Waals surface area contributed by atoms with E-state index in [1.54, 1.807) is 12.1 Å². The van der Waals surface area contributed by atoms with Crippen molar-refractivity contribution in [3.05, 3.63) is 76.8 Å². The fourth-order valence-electron chi connectivity index (χ4n) is 3.17. The van der Waals surface area contributed by atoms with Crippen molar-refractivity contribution in [3.8, 4) is 0 Å². The minimum atomic E-state index is -3.66. The average molecular weight is 410 g/mol. The molecular weight excluding hydrogens is 392 g/mol. The number of benzene rings is 3. The highest BCUT2D eigenvalue weighted by atomic mass is 32.2. The Bertz CT molecular complexity index is 1410. The number of rotatable bonds is 5. The molecule has 1 heterocycles. The summed E-state index contributed by atoms with van der Waals surface area (Å²) in [5.41, 5.74) is 0.961. The maximum atomic E-state index is 12.8. The number of nitrogens with zero attached hydrogens (tertiary/aromatic N) is 2. The molecule has 3 aromatic carbocycles. The maximum absolute atomic E-state index is 12.8. The molecule has 0 aliphatic rings. The SMILES string of the molecule is CN(C)S(=O)(=O)c1ccc2c(c1)oc(=O)n2CC(=O)c1ccc2ccccc2c1. The van der Waals surface area contributed by atoms with Crippen molar-refractivity contribution in [3.63, 3.8) is 0 Å². The molecule has 1 aromatic heterocycles. The molecule has 0 aliphatic heterocycles. The van der Waals surface area contributed by atoms with Crippen molar-refractivity contribution in [1.29, 1.82) is 0 Å². The molecule has 29 heavy (non-hydrogen) atoms. The number of fused-ring (bicyclic) bond motifs is 2. The molecule has 0 atom stereocenters. The van der Waals surface area contributed by atoms with Crippen molar-refractivity contribution in [2.45, 2.75) is 11.4 Å². The monoisotopic (exact) mass is 410 g/mol. The number of sulfonamides is 1. The van der Waals surface area contributed by atoms with Crippen LogP contribution in [0, 0.1) is 0 Å². The summed E-state index contributed by atoms with van der Waals surface area (Å²) < 4.78 is 32.0. The zero-order valence-electron chi connectivity index (χ0n) is 15.8. The molecule has 0 unspecified atom stereocenters. The van der Waals surface area contributed by atoms with E-state index in [-0.39, 0.29) is 22.8 Å². The third kappa shape index (κ3) is 3.37. The molecule has 0 radical (unpaired) electrons. The highest BCUT2D eigenvalue weighted by Crippen LogP contribution is 2.21. The highest BCUT2D eigenvalue weighted by Gasteiger charge is 2.20. The molecule has 0 N–H and O–H groups in total. The predicted molar refractivity (Wildman–Crippen MR) is 110 cm³/mol. The summed E-state index contributed by atoms with van der Waals surface area (Å²) in [6.45, 7) is -0.204. The van der Waals surface area contributed by atoms with Crippen LogP contribution >= 0.6 is 0 Å². The van der Waals surface area contributed by atoms with Gasteiger partial charge in [-0.3, -0.25) is 9.36 Å². The largest absolute Gasteiger partial charge is 0.420 e. The van der Waals surface area contributed by atoms with Gasteiger partial charge in [0.25, 0.3) is 0 Å². The van der Waals surface area contributed by atoms with E-state index in [2.05, 4.69) is 0 Å². The Kier molecular flexibility index (Phi) is 4.60. The molecule has 0 amide bonds. The van der Waals surface area contributed by atoms with Crippen molar-refractivity contribution in [2.75, 3.05) is 14.1 Å². The van der Waals surface area contributed by atoms with E-state index in [0.29, 0.717) is 11.1 Å². The Balaban J connectivity index is 1.71. The van der Waals surface area contributed by atoms with Crippen LogP contribution in [0.4, 0.5) is 0 Å². The van der Waals surface area contributed by atoms with Gasteiger partial charge in [-0.2, -0.15) is 0 Å². The zero-order valence-corrected chi connectivity index (χ0v) is 16.6. The lowest BCUT2D eigenvalue weighted by Crippen LogP contribution is -2.22. The number of oxazole rings is 1. The highest BCUT2D eigenvalue weighted by molar-refractivity contribution is 7.89. The smallest absolute Gasteiger partial charge is 0.408 e. The van der Waals surface area contributed by atoms with Crippen LogP contribution in [0.15, 0.2) is 74.8 Å². The number of hydrogen-bond acceptors (Lipinski definition) is 5. The van der Waals surface area contributed by atoms with Gasteiger partial charge in [0.2, 0.25) is 10.0 Å². The normalized spacial score (nSPS) is 12.1. The Morgan fingerprint density at radius 1 is 1.00 bits per heavy atom. The van der Waals surface area contributed by atoms with E-state index in [9.17, 15) is 18.0 Å². The maximum Gasteiger partial charge on any atom is 0.420 e. The second-order valence-corrected chi connectivity index (χ2v) is 9.01. The Morgan fingerprint density at radius 3 is 2.45 bits per heavy atom. The molecule has 4 aromatic rings. The zero-order chi connectivity index (χ0) is 20.8. The first-order chi connectivity index (χ1) is 13.8. The van der Waals surface area contributed by atoms with E-state index < -0.39 is 15.8 Å². The number of carbonyl (C=O) groups excluding carboxylic acids is 1. The predicted octanol–water partition coefficient (Wildman–Crippen LogP) is 2.88. The van der Waals surface area contributed by atoms with Crippen molar-refractivity contribution < 1.29 is 17.6 Å². The van der Waals surface area contributed by atoms with Gasteiger partial charge in [-0.05, 0) is 29.0 Å². The molecule has 0 saturated heterocycles. The summed E-state index contributed by atoms with van der Waals surface area (Å²) in [7, 11) is -0.824. The van der Waals surface area contributed by atoms with Gasteiger partial charge in [-0.1, -0.05) is 36.4 Å². The summed E-state index contributed by atoms with van der Waals surface area (Å²) in [6, 6.07) is 17.2. The second kappa shape index (κ2) is 6.98. The Hall–Kier alpha value is -3.23. The van der Waals surface area contributed by atoms with Crippen LogP contribution in [0.1, 0.15) is 10.4 Å². The molecule has 8 heteroatoms. The van der Waals surface area contributed by atoms with Gasteiger partial charge < -0.3 is 4.42 Å². The number of aromatic nitrogens is 1. The van der Waals surface area contributed by atoms with Gasteiger partial charge >= 0.3 is 5.76 Å². The van der Waals surface area contributed by atoms with Gasteiger partial charge in [-0.25, -0.2) is 17.5 Å².